The second kappa shape index (κ2) is 3.84. The van der Waals surface area contributed by atoms with Gasteiger partial charge in [0.05, 0.1) is 6.20 Å². The Labute approximate surface area is 76.6 Å². The van der Waals surface area contributed by atoms with Gasteiger partial charge in [0, 0.05) is 6.07 Å². The first-order valence-electron chi connectivity index (χ1n) is 4.21. The zero-order chi connectivity index (χ0) is 9.84. The molecular weight excluding hydrogens is 166 g/mol. The number of aryl methyl sites for hydroxylation is 1. The zero-order valence-corrected chi connectivity index (χ0v) is 8.02. The van der Waals surface area contributed by atoms with Crippen molar-refractivity contribution in [2.45, 2.75) is 20.8 Å². The molecule has 0 radical (unpaired) electrons. The van der Waals surface area contributed by atoms with Crippen molar-refractivity contribution in [2.75, 3.05) is 5.73 Å². The number of aromatic nitrogens is 4. The molecule has 5 heteroatoms. The summed E-state index contributed by atoms with van der Waals surface area (Å²) in [5.41, 5.74) is 6.28. The second-order valence-corrected chi connectivity index (χ2v) is 2.23. The van der Waals surface area contributed by atoms with Crippen LogP contribution < -0.4 is 5.73 Å². The van der Waals surface area contributed by atoms with Gasteiger partial charge in [0.15, 0.2) is 5.65 Å². The predicted octanol–water partition coefficient (Wildman–Crippen LogP) is 1.04. The van der Waals surface area contributed by atoms with Crippen LogP contribution >= 0.6 is 0 Å². The highest BCUT2D eigenvalue weighted by Crippen LogP contribution is 2.02. The van der Waals surface area contributed by atoms with Crippen LogP contribution in [0.25, 0.3) is 5.65 Å². The molecule has 2 N–H and O–H groups in total. The van der Waals surface area contributed by atoms with E-state index in [1.54, 1.807) is 19.2 Å². The number of rotatable bonds is 0. The molecule has 0 spiro atoms. The Kier molecular flexibility index (Phi) is 2.79. The highest BCUT2D eigenvalue weighted by molar-refractivity contribution is 5.40. The number of anilines is 1. The summed E-state index contributed by atoms with van der Waals surface area (Å²) in [5.74, 6) is 1.04. The van der Waals surface area contributed by atoms with E-state index in [2.05, 4.69) is 15.1 Å². The molecular formula is C8H13N5. The maximum absolute atomic E-state index is 5.55. The van der Waals surface area contributed by atoms with Crippen LogP contribution in [0.4, 0.5) is 5.95 Å². The molecule has 0 amide bonds. The summed E-state index contributed by atoms with van der Waals surface area (Å²) in [6.07, 6.45) is 1.64. The largest absolute Gasteiger partial charge is 0.368 e. The van der Waals surface area contributed by atoms with E-state index in [4.69, 9.17) is 5.73 Å². The summed E-state index contributed by atoms with van der Waals surface area (Å²) in [6.45, 7) is 5.80. The van der Waals surface area contributed by atoms with Gasteiger partial charge in [-0.1, -0.05) is 13.8 Å². The smallest absolute Gasteiger partial charge is 0.224 e. The fourth-order valence-corrected chi connectivity index (χ4v) is 0.961. The summed E-state index contributed by atoms with van der Waals surface area (Å²) in [6, 6.07) is 1.78. The third kappa shape index (κ3) is 1.74. The molecule has 0 aliphatic rings. The summed E-state index contributed by atoms with van der Waals surface area (Å²) >= 11 is 0. The summed E-state index contributed by atoms with van der Waals surface area (Å²) in [4.78, 5) is 8.05. The van der Waals surface area contributed by atoms with Crippen LogP contribution in [0.1, 0.15) is 19.7 Å². The Hall–Kier alpha value is -1.65. The normalized spacial score (nSPS) is 9.46. The maximum atomic E-state index is 5.55. The van der Waals surface area contributed by atoms with Crippen LogP contribution in [0.2, 0.25) is 0 Å². The van der Waals surface area contributed by atoms with Crippen molar-refractivity contribution >= 4 is 11.6 Å². The van der Waals surface area contributed by atoms with Crippen LogP contribution in [-0.4, -0.2) is 19.6 Å². The van der Waals surface area contributed by atoms with Crippen molar-refractivity contribution in [1.82, 2.24) is 19.6 Å². The van der Waals surface area contributed by atoms with E-state index in [9.17, 15) is 0 Å². The van der Waals surface area contributed by atoms with E-state index < -0.39 is 0 Å². The molecule has 70 valence electrons. The molecule has 2 heterocycles. The van der Waals surface area contributed by atoms with E-state index in [0.717, 1.165) is 5.65 Å². The minimum atomic E-state index is 0.373. The average molecular weight is 179 g/mol. The van der Waals surface area contributed by atoms with Gasteiger partial charge in [0.2, 0.25) is 5.95 Å². The Morgan fingerprint density at radius 3 is 2.69 bits per heavy atom. The van der Waals surface area contributed by atoms with Gasteiger partial charge in [-0.3, -0.25) is 0 Å². The highest BCUT2D eigenvalue weighted by Gasteiger charge is 1.99. The lowest BCUT2D eigenvalue weighted by molar-refractivity contribution is 0.887. The first-order chi connectivity index (χ1) is 6.27. The number of hydrogen-bond donors (Lipinski definition) is 1. The molecule has 0 aliphatic carbocycles. The fourth-order valence-electron chi connectivity index (χ4n) is 0.961. The molecule has 2 rings (SSSR count). The topological polar surface area (TPSA) is 69.1 Å². The third-order valence-electron chi connectivity index (χ3n) is 1.39. The standard InChI is InChI=1S/C6H7N5.C2H6/c1-4-9-5-2-3-8-11(5)6(7)10-4;1-2/h2-3H,1H3,(H2,7,9,10);1-2H3. The molecule has 13 heavy (non-hydrogen) atoms. The van der Waals surface area contributed by atoms with Gasteiger partial charge in [-0.25, -0.2) is 4.98 Å². The van der Waals surface area contributed by atoms with Crippen LogP contribution in [-0.2, 0) is 0 Å². The van der Waals surface area contributed by atoms with E-state index in [-0.39, 0.29) is 0 Å². The van der Waals surface area contributed by atoms with Gasteiger partial charge in [0.25, 0.3) is 0 Å². The van der Waals surface area contributed by atoms with Crippen molar-refractivity contribution in [3.05, 3.63) is 18.1 Å². The molecule has 0 fully saturated rings. The first-order valence-corrected chi connectivity index (χ1v) is 4.21. The molecule has 0 aromatic carbocycles. The molecule has 0 bridgehead atoms. The molecule has 2 aromatic rings. The molecule has 5 nitrogen and oxygen atoms in total. The number of hydrogen-bond acceptors (Lipinski definition) is 4. The van der Waals surface area contributed by atoms with Crippen LogP contribution in [0.15, 0.2) is 12.3 Å². The third-order valence-corrected chi connectivity index (χ3v) is 1.39. The van der Waals surface area contributed by atoms with Gasteiger partial charge in [0.1, 0.15) is 5.82 Å². The Morgan fingerprint density at radius 2 is 2.00 bits per heavy atom. The van der Waals surface area contributed by atoms with Crippen molar-refractivity contribution in [2.24, 2.45) is 0 Å². The predicted molar refractivity (Wildman–Crippen MR) is 51.3 cm³/mol. The molecule has 0 saturated carbocycles. The molecule has 0 unspecified atom stereocenters. The van der Waals surface area contributed by atoms with Crippen molar-refractivity contribution in [1.29, 1.82) is 0 Å². The number of nitrogens with zero attached hydrogens (tertiary/aromatic N) is 4. The minimum absolute atomic E-state index is 0.373. The minimum Gasteiger partial charge on any atom is -0.368 e. The van der Waals surface area contributed by atoms with Crippen molar-refractivity contribution in [3.8, 4) is 0 Å². The summed E-state index contributed by atoms with van der Waals surface area (Å²) in [5, 5.41) is 3.93. The number of nitrogen functional groups attached to an aromatic ring is 1. The summed E-state index contributed by atoms with van der Waals surface area (Å²) < 4.78 is 1.49. The Morgan fingerprint density at radius 1 is 1.31 bits per heavy atom. The highest BCUT2D eigenvalue weighted by atomic mass is 15.3. The van der Waals surface area contributed by atoms with Gasteiger partial charge in [-0.05, 0) is 6.92 Å². The maximum Gasteiger partial charge on any atom is 0.224 e. The average Bonchev–Trinajstić information content (AvgIpc) is 2.55. The fraction of sp³-hybridized carbons (Fsp3) is 0.375. The molecule has 0 saturated heterocycles. The zero-order valence-electron chi connectivity index (χ0n) is 8.02. The van der Waals surface area contributed by atoms with Crippen LogP contribution in [0.5, 0.6) is 0 Å². The monoisotopic (exact) mass is 179 g/mol. The van der Waals surface area contributed by atoms with E-state index >= 15 is 0 Å². The molecule has 2 aromatic heterocycles. The van der Waals surface area contributed by atoms with Gasteiger partial charge in [-0.2, -0.15) is 14.6 Å². The van der Waals surface area contributed by atoms with E-state index in [1.807, 2.05) is 13.8 Å². The SMILES string of the molecule is CC.Cc1nc(N)n2nccc2n1. The Bertz CT molecular complexity index is 392. The summed E-state index contributed by atoms with van der Waals surface area (Å²) in [7, 11) is 0. The second-order valence-electron chi connectivity index (χ2n) is 2.23. The quantitative estimate of drug-likeness (QED) is 0.656. The lowest BCUT2D eigenvalue weighted by Gasteiger charge is -1.97. The first kappa shape index (κ1) is 9.44. The van der Waals surface area contributed by atoms with Crippen molar-refractivity contribution in [3.63, 3.8) is 0 Å². The lowest BCUT2D eigenvalue weighted by atomic mass is 10.6. The molecule has 0 aliphatic heterocycles. The number of fused-ring (bicyclic) bond motifs is 1. The van der Waals surface area contributed by atoms with Gasteiger partial charge >= 0.3 is 0 Å². The van der Waals surface area contributed by atoms with Crippen LogP contribution in [0.3, 0.4) is 0 Å². The van der Waals surface area contributed by atoms with Gasteiger partial charge in [-0.15, -0.1) is 0 Å². The number of nitrogens with two attached hydrogens (primary N) is 1. The lowest BCUT2D eigenvalue weighted by Crippen LogP contribution is -2.04. The Balaban J connectivity index is 0.000000396. The van der Waals surface area contributed by atoms with E-state index in [0.29, 0.717) is 11.8 Å². The molecule has 0 atom stereocenters. The van der Waals surface area contributed by atoms with E-state index in [1.165, 1.54) is 4.52 Å². The van der Waals surface area contributed by atoms with Crippen molar-refractivity contribution < 1.29 is 0 Å². The van der Waals surface area contributed by atoms with Crippen LogP contribution in [0, 0.1) is 6.92 Å². The van der Waals surface area contributed by atoms with Gasteiger partial charge < -0.3 is 5.73 Å².